The standard InChI is InChI=1S/C24H21N3O/c1-17-15-21(16-25-23-14-8-12-19-9-6-7-13-22(19)23)18(2)27(17)26-24(28)20-10-4-3-5-11-20/h3-16H,1-2H3,(H,26,28). The van der Waals surface area contributed by atoms with E-state index in [4.69, 9.17) is 4.99 Å². The molecule has 4 rings (SSSR count). The van der Waals surface area contributed by atoms with Crippen LogP contribution in [0.15, 0.2) is 83.9 Å². The molecule has 4 heteroatoms. The summed E-state index contributed by atoms with van der Waals surface area (Å²) < 4.78 is 1.81. The van der Waals surface area contributed by atoms with E-state index in [1.165, 1.54) is 0 Å². The van der Waals surface area contributed by atoms with Gasteiger partial charge in [-0.25, -0.2) is 0 Å². The summed E-state index contributed by atoms with van der Waals surface area (Å²) >= 11 is 0. The van der Waals surface area contributed by atoms with Crippen molar-refractivity contribution in [2.45, 2.75) is 13.8 Å². The second-order valence-electron chi connectivity index (χ2n) is 6.73. The third kappa shape index (κ3) is 3.45. The molecule has 0 saturated heterocycles. The zero-order valence-electron chi connectivity index (χ0n) is 15.9. The average Bonchev–Trinajstić information content (AvgIpc) is 3.00. The highest BCUT2D eigenvalue weighted by atomic mass is 16.2. The largest absolute Gasteiger partial charge is 0.270 e. The number of nitrogens with one attached hydrogen (secondary N) is 1. The van der Waals surface area contributed by atoms with Crippen molar-refractivity contribution < 1.29 is 4.79 Å². The number of benzene rings is 3. The van der Waals surface area contributed by atoms with Crippen molar-refractivity contribution in [1.29, 1.82) is 0 Å². The maximum atomic E-state index is 12.5. The van der Waals surface area contributed by atoms with Crippen LogP contribution in [-0.2, 0) is 0 Å². The van der Waals surface area contributed by atoms with Crippen LogP contribution in [0.2, 0.25) is 0 Å². The number of hydrogen-bond donors (Lipinski definition) is 1. The van der Waals surface area contributed by atoms with Gasteiger partial charge in [-0.05, 0) is 43.5 Å². The normalized spacial score (nSPS) is 11.2. The Balaban J connectivity index is 1.62. The minimum atomic E-state index is -0.139. The highest BCUT2D eigenvalue weighted by Gasteiger charge is 2.11. The number of aromatic nitrogens is 1. The quantitative estimate of drug-likeness (QED) is 0.483. The van der Waals surface area contributed by atoms with E-state index in [1.54, 1.807) is 16.8 Å². The molecule has 28 heavy (non-hydrogen) atoms. The van der Waals surface area contributed by atoms with Crippen molar-refractivity contribution in [1.82, 2.24) is 4.68 Å². The molecule has 0 fully saturated rings. The maximum absolute atomic E-state index is 12.5. The summed E-state index contributed by atoms with van der Waals surface area (Å²) in [6, 6.07) is 25.5. The lowest BCUT2D eigenvalue weighted by atomic mass is 10.1. The second kappa shape index (κ2) is 7.53. The van der Waals surface area contributed by atoms with E-state index in [0.717, 1.165) is 33.4 Å². The molecular weight excluding hydrogens is 346 g/mol. The van der Waals surface area contributed by atoms with Crippen LogP contribution in [0.5, 0.6) is 0 Å². The van der Waals surface area contributed by atoms with Gasteiger partial charge in [0.25, 0.3) is 5.91 Å². The number of rotatable bonds is 4. The number of nitrogens with zero attached hydrogens (tertiary/aromatic N) is 2. The van der Waals surface area contributed by atoms with Crippen LogP contribution in [0.4, 0.5) is 5.69 Å². The Morgan fingerprint density at radius 1 is 0.929 bits per heavy atom. The molecule has 0 aliphatic rings. The van der Waals surface area contributed by atoms with Gasteiger partial charge < -0.3 is 0 Å². The molecule has 1 heterocycles. The van der Waals surface area contributed by atoms with Crippen LogP contribution in [0.1, 0.15) is 27.3 Å². The van der Waals surface area contributed by atoms with Crippen molar-refractivity contribution in [3.05, 3.63) is 101 Å². The third-order valence-corrected chi connectivity index (χ3v) is 4.83. The summed E-state index contributed by atoms with van der Waals surface area (Å²) in [5.74, 6) is -0.139. The summed E-state index contributed by atoms with van der Waals surface area (Å²) in [7, 11) is 0. The molecule has 1 amide bonds. The highest BCUT2D eigenvalue weighted by molar-refractivity contribution is 6.00. The monoisotopic (exact) mass is 367 g/mol. The second-order valence-corrected chi connectivity index (χ2v) is 6.73. The first kappa shape index (κ1) is 17.7. The van der Waals surface area contributed by atoms with Crippen LogP contribution in [0.3, 0.4) is 0 Å². The molecule has 0 unspecified atom stereocenters. The van der Waals surface area contributed by atoms with Crippen molar-refractivity contribution in [2.75, 3.05) is 5.43 Å². The molecule has 0 radical (unpaired) electrons. The third-order valence-electron chi connectivity index (χ3n) is 4.83. The molecule has 4 nitrogen and oxygen atoms in total. The lowest BCUT2D eigenvalue weighted by molar-refractivity contribution is 0.101. The SMILES string of the molecule is Cc1cc(C=Nc2cccc3ccccc23)c(C)n1NC(=O)c1ccccc1. The van der Waals surface area contributed by atoms with Gasteiger partial charge in [0.1, 0.15) is 0 Å². The topological polar surface area (TPSA) is 46.4 Å². The van der Waals surface area contributed by atoms with E-state index < -0.39 is 0 Å². The molecule has 0 aliphatic carbocycles. The fourth-order valence-corrected chi connectivity index (χ4v) is 3.31. The molecule has 0 aliphatic heterocycles. The Morgan fingerprint density at radius 3 is 2.46 bits per heavy atom. The number of aryl methyl sites for hydroxylation is 1. The maximum Gasteiger partial charge on any atom is 0.270 e. The van der Waals surface area contributed by atoms with Crippen LogP contribution < -0.4 is 5.43 Å². The first-order chi connectivity index (χ1) is 13.6. The number of fused-ring (bicyclic) bond motifs is 1. The minimum Gasteiger partial charge on any atom is -0.267 e. The summed E-state index contributed by atoms with van der Waals surface area (Å²) in [4.78, 5) is 17.2. The van der Waals surface area contributed by atoms with Gasteiger partial charge >= 0.3 is 0 Å². The zero-order valence-corrected chi connectivity index (χ0v) is 15.9. The first-order valence-electron chi connectivity index (χ1n) is 9.20. The van der Waals surface area contributed by atoms with Crippen molar-refractivity contribution in [2.24, 2.45) is 4.99 Å². The Labute approximate surface area is 164 Å². The lowest BCUT2D eigenvalue weighted by Gasteiger charge is -2.11. The van der Waals surface area contributed by atoms with E-state index in [2.05, 4.69) is 23.6 Å². The van der Waals surface area contributed by atoms with Crippen LogP contribution >= 0.6 is 0 Å². The Hall–Kier alpha value is -3.66. The summed E-state index contributed by atoms with van der Waals surface area (Å²) in [6.07, 6.45) is 1.86. The predicted octanol–water partition coefficient (Wildman–Crippen LogP) is 5.39. The van der Waals surface area contributed by atoms with Gasteiger partial charge in [0.15, 0.2) is 0 Å². The van der Waals surface area contributed by atoms with Gasteiger partial charge in [0.2, 0.25) is 0 Å². The van der Waals surface area contributed by atoms with Gasteiger partial charge in [0, 0.05) is 34.1 Å². The van der Waals surface area contributed by atoms with Gasteiger partial charge in [-0.15, -0.1) is 0 Å². The van der Waals surface area contributed by atoms with E-state index in [0.29, 0.717) is 5.56 Å². The summed E-state index contributed by atoms with van der Waals surface area (Å²) in [6.45, 7) is 3.94. The van der Waals surface area contributed by atoms with Crippen molar-refractivity contribution in [3.63, 3.8) is 0 Å². The van der Waals surface area contributed by atoms with Gasteiger partial charge in [0.05, 0.1) is 5.69 Å². The Bertz CT molecular complexity index is 1170. The summed E-state index contributed by atoms with van der Waals surface area (Å²) in [5, 5.41) is 2.28. The molecule has 0 saturated carbocycles. The van der Waals surface area contributed by atoms with Crippen molar-refractivity contribution >= 4 is 28.6 Å². The number of carbonyl (C=O) groups is 1. The lowest BCUT2D eigenvalue weighted by Crippen LogP contribution is -2.24. The summed E-state index contributed by atoms with van der Waals surface area (Å²) in [5.41, 5.74) is 7.36. The minimum absolute atomic E-state index is 0.139. The first-order valence-corrected chi connectivity index (χ1v) is 9.20. The van der Waals surface area contributed by atoms with Gasteiger partial charge in [-0.2, -0.15) is 0 Å². The molecule has 3 aromatic carbocycles. The Kier molecular flexibility index (Phi) is 4.77. The molecule has 138 valence electrons. The molecular formula is C24H21N3O. The van der Waals surface area contributed by atoms with Crippen LogP contribution in [0.25, 0.3) is 10.8 Å². The average molecular weight is 367 g/mol. The molecule has 1 N–H and O–H groups in total. The molecule has 0 atom stereocenters. The van der Waals surface area contributed by atoms with E-state index in [-0.39, 0.29) is 5.91 Å². The fraction of sp³-hybridized carbons (Fsp3) is 0.0833. The number of aliphatic imine (C=N–C) groups is 1. The number of amides is 1. The van der Waals surface area contributed by atoms with Crippen LogP contribution in [0, 0.1) is 13.8 Å². The molecule has 4 aromatic rings. The van der Waals surface area contributed by atoms with E-state index >= 15 is 0 Å². The number of carbonyl (C=O) groups excluding carboxylic acids is 1. The zero-order chi connectivity index (χ0) is 19.5. The van der Waals surface area contributed by atoms with Crippen molar-refractivity contribution in [3.8, 4) is 0 Å². The fourth-order valence-electron chi connectivity index (χ4n) is 3.31. The van der Waals surface area contributed by atoms with Gasteiger partial charge in [-0.3, -0.25) is 19.9 Å². The van der Waals surface area contributed by atoms with E-state index in [1.807, 2.05) is 68.6 Å². The predicted molar refractivity (Wildman–Crippen MR) is 115 cm³/mol. The molecule has 0 bridgehead atoms. The van der Waals surface area contributed by atoms with E-state index in [9.17, 15) is 4.79 Å². The highest BCUT2D eigenvalue weighted by Crippen LogP contribution is 2.25. The number of hydrogen-bond acceptors (Lipinski definition) is 2. The molecule has 1 aromatic heterocycles. The van der Waals surface area contributed by atoms with Gasteiger partial charge in [-0.1, -0.05) is 54.6 Å². The smallest absolute Gasteiger partial charge is 0.267 e. The molecule has 0 spiro atoms. The Morgan fingerprint density at radius 2 is 1.64 bits per heavy atom. The van der Waals surface area contributed by atoms with Crippen LogP contribution in [-0.4, -0.2) is 16.8 Å².